The standard InChI is InChI=1S/C22H29N3O2/c26-22(20-9-7-19(8-10-20)21-15-23-17-27-21)25-12-4-11-24(13-14-25)16-18-5-2-1-3-6-18/h7-10,15,17-18H,1-6,11-14,16H2. The first-order valence-corrected chi connectivity index (χ1v) is 10.3. The van der Waals surface area contributed by atoms with Crippen molar-refractivity contribution in [2.45, 2.75) is 38.5 Å². The Morgan fingerprint density at radius 1 is 1.00 bits per heavy atom. The van der Waals surface area contributed by atoms with Gasteiger partial charge in [-0.05, 0) is 43.9 Å². The summed E-state index contributed by atoms with van der Waals surface area (Å²) in [6.45, 7) is 5.01. The van der Waals surface area contributed by atoms with E-state index in [1.165, 1.54) is 45.0 Å². The summed E-state index contributed by atoms with van der Waals surface area (Å²) in [5, 5.41) is 0. The van der Waals surface area contributed by atoms with Crippen LogP contribution in [0.25, 0.3) is 11.3 Å². The predicted octanol–water partition coefficient (Wildman–Crippen LogP) is 4.07. The maximum Gasteiger partial charge on any atom is 0.253 e. The van der Waals surface area contributed by atoms with Gasteiger partial charge in [0, 0.05) is 37.3 Å². The number of amides is 1. The molecule has 5 nitrogen and oxygen atoms in total. The van der Waals surface area contributed by atoms with Crippen molar-refractivity contribution in [2.24, 2.45) is 5.92 Å². The van der Waals surface area contributed by atoms with E-state index in [1.54, 1.807) is 6.20 Å². The van der Waals surface area contributed by atoms with Gasteiger partial charge in [-0.1, -0.05) is 31.4 Å². The minimum atomic E-state index is 0.138. The number of hydrogen-bond donors (Lipinski definition) is 0. The smallest absolute Gasteiger partial charge is 0.253 e. The van der Waals surface area contributed by atoms with Crippen molar-refractivity contribution in [3.05, 3.63) is 42.4 Å². The quantitative estimate of drug-likeness (QED) is 0.817. The van der Waals surface area contributed by atoms with Crippen LogP contribution in [0.2, 0.25) is 0 Å². The highest BCUT2D eigenvalue weighted by Crippen LogP contribution is 2.25. The first-order chi connectivity index (χ1) is 13.3. The highest BCUT2D eigenvalue weighted by atomic mass is 16.3. The third kappa shape index (κ3) is 4.59. The fraction of sp³-hybridized carbons (Fsp3) is 0.545. The second kappa shape index (κ2) is 8.70. The Hall–Kier alpha value is -2.14. The molecular formula is C22H29N3O2. The summed E-state index contributed by atoms with van der Waals surface area (Å²) in [7, 11) is 0. The van der Waals surface area contributed by atoms with E-state index in [2.05, 4.69) is 9.88 Å². The molecule has 4 rings (SSSR count). The molecule has 0 N–H and O–H groups in total. The zero-order valence-electron chi connectivity index (χ0n) is 16.0. The summed E-state index contributed by atoms with van der Waals surface area (Å²) in [5.41, 5.74) is 1.69. The zero-order chi connectivity index (χ0) is 18.5. The van der Waals surface area contributed by atoms with Crippen LogP contribution in [-0.4, -0.2) is 53.4 Å². The van der Waals surface area contributed by atoms with E-state index in [0.717, 1.165) is 55.4 Å². The van der Waals surface area contributed by atoms with E-state index in [9.17, 15) is 4.79 Å². The average molecular weight is 367 g/mol. The number of carbonyl (C=O) groups excluding carboxylic acids is 1. The first-order valence-electron chi connectivity index (χ1n) is 10.3. The zero-order valence-corrected chi connectivity index (χ0v) is 16.0. The molecular weight excluding hydrogens is 338 g/mol. The summed E-state index contributed by atoms with van der Waals surface area (Å²) in [6.07, 6.45) is 11.1. The number of benzene rings is 1. The first kappa shape index (κ1) is 18.2. The lowest BCUT2D eigenvalue weighted by Gasteiger charge is -2.28. The molecule has 5 heteroatoms. The van der Waals surface area contributed by atoms with Gasteiger partial charge in [0.15, 0.2) is 12.2 Å². The van der Waals surface area contributed by atoms with Crippen LogP contribution in [0.1, 0.15) is 48.9 Å². The minimum absolute atomic E-state index is 0.138. The van der Waals surface area contributed by atoms with E-state index in [1.807, 2.05) is 29.2 Å². The van der Waals surface area contributed by atoms with Crippen molar-refractivity contribution in [2.75, 3.05) is 32.7 Å². The van der Waals surface area contributed by atoms with Crippen LogP contribution in [0.15, 0.2) is 41.3 Å². The third-order valence-corrected chi connectivity index (χ3v) is 5.97. The Morgan fingerprint density at radius 2 is 1.81 bits per heavy atom. The van der Waals surface area contributed by atoms with Gasteiger partial charge in [0.2, 0.25) is 0 Å². The van der Waals surface area contributed by atoms with Gasteiger partial charge >= 0.3 is 0 Å². The van der Waals surface area contributed by atoms with Crippen LogP contribution in [-0.2, 0) is 0 Å². The van der Waals surface area contributed by atoms with Crippen molar-refractivity contribution in [3.63, 3.8) is 0 Å². The lowest BCUT2D eigenvalue weighted by Crippen LogP contribution is -2.36. The molecule has 1 aliphatic heterocycles. The number of nitrogens with zero attached hydrogens (tertiary/aromatic N) is 3. The summed E-state index contributed by atoms with van der Waals surface area (Å²) >= 11 is 0. The third-order valence-electron chi connectivity index (χ3n) is 5.97. The molecule has 0 atom stereocenters. The Balaban J connectivity index is 1.33. The topological polar surface area (TPSA) is 49.6 Å². The van der Waals surface area contributed by atoms with Gasteiger partial charge in [-0.2, -0.15) is 0 Å². The van der Waals surface area contributed by atoms with Crippen LogP contribution in [0.5, 0.6) is 0 Å². The van der Waals surface area contributed by atoms with E-state index in [4.69, 9.17) is 4.42 Å². The van der Waals surface area contributed by atoms with Gasteiger partial charge in [0.1, 0.15) is 0 Å². The van der Waals surface area contributed by atoms with Gasteiger partial charge in [-0.15, -0.1) is 0 Å². The molecule has 1 amide bonds. The van der Waals surface area contributed by atoms with Crippen LogP contribution >= 0.6 is 0 Å². The molecule has 1 aromatic carbocycles. The van der Waals surface area contributed by atoms with Gasteiger partial charge < -0.3 is 14.2 Å². The predicted molar refractivity (Wildman–Crippen MR) is 105 cm³/mol. The number of rotatable bonds is 4. The molecule has 1 aliphatic carbocycles. The lowest BCUT2D eigenvalue weighted by atomic mass is 9.89. The second-order valence-corrected chi connectivity index (χ2v) is 7.89. The van der Waals surface area contributed by atoms with Gasteiger partial charge in [0.05, 0.1) is 6.20 Å². The Kier molecular flexibility index (Phi) is 5.87. The summed E-state index contributed by atoms with van der Waals surface area (Å²) < 4.78 is 5.31. The van der Waals surface area contributed by atoms with Crippen LogP contribution in [0, 0.1) is 5.92 Å². The largest absolute Gasteiger partial charge is 0.444 e. The fourth-order valence-electron chi connectivity index (χ4n) is 4.41. The van der Waals surface area contributed by atoms with Gasteiger partial charge in [-0.25, -0.2) is 4.98 Å². The number of aromatic nitrogens is 1. The van der Waals surface area contributed by atoms with E-state index in [-0.39, 0.29) is 5.91 Å². The molecule has 144 valence electrons. The number of carbonyl (C=O) groups is 1. The summed E-state index contributed by atoms with van der Waals surface area (Å²) in [5.74, 6) is 1.73. The Bertz CT molecular complexity index is 721. The van der Waals surface area contributed by atoms with Crippen LogP contribution < -0.4 is 0 Å². The van der Waals surface area contributed by atoms with Crippen LogP contribution in [0.4, 0.5) is 0 Å². The highest BCUT2D eigenvalue weighted by molar-refractivity contribution is 5.94. The SMILES string of the molecule is O=C(c1ccc(-c2cnco2)cc1)N1CCCN(CC2CCCCC2)CC1. The molecule has 1 saturated heterocycles. The summed E-state index contributed by atoms with van der Waals surface area (Å²) in [6, 6.07) is 7.65. The fourth-order valence-corrected chi connectivity index (χ4v) is 4.41. The number of oxazole rings is 1. The molecule has 0 bridgehead atoms. The average Bonchev–Trinajstić information content (AvgIpc) is 3.16. The van der Waals surface area contributed by atoms with Crippen molar-refractivity contribution in [1.29, 1.82) is 0 Å². The molecule has 0 radical (unpaired) electrons. The molecule has 27 heavy (non-hydrogen) atoms. The van der Waals surface area contributed by atoms with E-state index in [0.29, 0.717) is 0 Å². The van der Waals surface area contributed by atoms with Crippen molar-refractivity contribution in [1.82, 2.24) is 14.8 Å². The molecule has 1 aromatic heterocycles. The lowest BCUT2D eigenvalue weighted by molar-refractivity contribution is 0.0760. The molecule has 2 fully saturated rings. The van der Waals surface area contributed by atoms with Crippen molar-refractivity contribution in [3.8, 4) is 11.3 Å². The maximum absolute atomic E-state index is 12.9. The molecule has 0 unspecified atom stereocenters. The van der Waals surface area contributed by atoms with Gasteiger partial charge in [0.25, 0.3) is 5.91 Å². The molecule has 0 spiro atoms. The Labute approximate surface area is 161 Å². The monoisotopic (exact) mass is 367 g/mol. The maximum atomic E-state index is 12.9. The molecule has 2 aromatic rings. The van der Waals surface area contributed by atoms with E-state index < -0.39 is 0 Å². The normalized spacial score (nSPS) is 19.8. The number of hydrogen-bond acceptors (Lipinski definition) is 4. The second-order valence-electron chi connectivity index (χ2n) is 7.89. The highest BCUT2D eigenvalue weighted by Gasteiger charge is 2.23. The van der Waals surface area contributed by atoms with E-state index >= 15 is 0 Å². The minimum Gasteiger partial charge on any atom is -0.444 e. The molecule has 1 saturated carbocycles. The van der Waals surface area contributed by atoms with Crippen molar-refractivity contribution >= 4 is 5.91 Å². The molecule has 2 heterocycles. The molecule has 2 aliphatic rings. The van der Waals surface area contributed by atoms with Crippen molar-refractivity contribution < 1.29 is 9.21 Å². The van der Waals surface area contributed by atoms with Crippen LogP contribution in [0.3, 0.4) is 0 Å². The summed E-state index contributed by atoms with van der Waals surface area (Å²) in [4.78, 5) is 21.5. The Morgan fingerprint density at radius 3 is 2.56 bits per heavy atom. The van der Waals surface area contributed by atoms with Gasteiger partial charge in [-0.3, -0.25) is 4.79 Å².